The van der Waals surface area contributed by atoms with Crippen LogP contribution in [0.5, 0.6) is 0 Å². The molecule has 0 aromatic heterocycles. The van der Waals surface area contributed by atoms with E-state index < -0.39 is 11.7 Å². The number of carbonyl (C=O) groups excluding carboxylic acids is 2. The van der Waals surface area contributed by atoms with E-state index in [4.69, 9.17) is 4.74 Å². The smallest absolute Gasteiger partial charge is 0.429 e. The van der Waals surface area contributed by atoms with E-state index in [-0.39, 0.29) is 5.91 Å². The molecule has 2 saturated heterocycles. The average Bonchev–Trinajstić information content (AvgIpc) is 2.77. The third-order valence-electron chi connectivity index (χ3n) is 3.87. The van der Waals surface area contributed by atoms with Crippen LogP contribution in [-0.4, -0.2) is 53.8 Å². The van der Waals surface area contributed by atoms with Crippen LogP contribution in [0.2, 0.25) is 0 Å². The van der Waals surface area contributed by atoms with E-state index in [2.05, 4.69) is 5.32 Å². The molecule has 2 rings (SSSR count). The molecule has 6 nitrogen and oxygen atoms in total. The molecule has 6 heteroatoms. The van der Waals surface area contributed by atoms with Crippen molar-refractivity contribution in [2.45, 2.75) is 52.1 Å². The van der Waals surface area contributed by atoms with Gasteiger partial charge in [0.05, 0.1) is 6.54 Å². The summed E-state index contributed by atoms with van der Waals surface area (Å²) in [4.78, 5) is 24.2. The van der Waals surface area contributed by atoms with Gasteiger partial charge in [-0.15, -0.1) is 0 Å². The summed E-state index contributed by atoms with van der Waals surface area (Å²) in [5, 5.41) is 6.41. The van der Waals surface area contributed by atoms with Crippen molar-refractivity contribution >= 4 is 12.0 Å². The number of rotatable bonds is 3. The highest BCUT2D eigenvalue weighted by molar-refractivity contribution is 5.82. The summed E-state index contributed by atoms with van der Waals surface area (Å²) < 4.78 is 5.37. The summed E-state index contributed by atoms with van der Waals surface area (Å²) in [6.07, 6.45) is 3.28. The molecule has 2 aliphatic rings. The molecule has 0 aliphatic carbocycles. The molecule has 0 radical (unpaired) electrons. The molecule has 2 aliphatic heterocycles. The molecule has 21 heavy (non-hydrogen) atoms. The zero-order valence-electron chi connectivity index (χ0n) is 13.4. The molecule has 0 aromatic carbocycles. The van der Waals surface area contributed by atoms with Crippen LogP contribution in [0.25, 0.3) is 0 Å². The lowest BCUT2D eigenvalue weighted by molar-refractivity contribution is -0.137. The van der Waals surface area contributed by atoms with Crippen molar-refractivity contribution in [3.8, 4) is 0 Å². The molecule has 0 bridgehead atoms. The number of hydrogen-bond acceptors (Lipinski definition) is 4. The normalized spacial score (nSPS) is 23.6. The average molecular weight is 297 g/mol. The van der Waals surface area contributed by atoms with Gasteiger partial charge in [0.25, 0.3) is 0 Å². The topological polar surface area (TPSA) is 61.9 Å². The van der Waals surface area contributed by atoms with Crippen LogP contribution >= 0.6 is 0 Å². The Bertz CT molecular complexity index is 386. The first-order chi connectivity index (χ1) is 9.87. The standard InChI is InChI=1S/C15H27N3O3/c1-15(2,3)21-14(20)18-10-7-13(19)17(18)9-6-12-5-4-8-16-11-12/h12,16H,4-11H2,1-3H3. The fraction of sp³-hybridized carbons (Fsp3) is 0.867. The second kappa shape index (κ2) is 6.64. The van der Waals surface area contributed by atoms with Gasteiger partial charge >= 0.3 is 6.09 Å². The van der Waals surface area contributed by atoms with Crippen molar-refractivity contribution in [1.82, 2.24) is 15.3 Å². The number of hydrogen-bond donors (Lipinski definition) is 1. The monoisotopic (exact) mass is 297 g/mol. The van der Waals surface area contributed by atoms with Crippen molar-refractivity contribution < 1.29 is 14.3 Å². The SMILES string of the molecule is CC(C)(C)OC(=O)N1CCC(=O)N1CCC1CCCNC1. The Balaban J connectivity index is 1.88. The molecule has 0 aromatic rings. The highest BCUT2D eigenvalue weighted by Crippen LogP contribution is 2.20. The third-order valence-corrected chi connectivity index (χ3v) is 3.87. The Morgan fingerprint density at radius 2 is 2.19 bits per heavy atom. The van der Waals surface area contributed by atoms with Gasteiger partial charge in [-0.2, -0.15) is 0 Å². The molecular formula is C15H27N3O3. The second-order valence-corrected chi connectivity index (χ2v) is 6.87. The van der Waals surface area contributed by atoms with E-state index in [1.807, 2.05) is 20.8 Å². The molecule has 120 valence electrons. The molecule has 0 spiro atoms. The summed E-state index contributed by atoms with van der Waals surface area (Å²) in [7, 11) is 0. The zero-order valence-corrected chi connectivity index (χ0v) is 13.4. The highest BCUT2D eigenvalue weighted by Gasteiger charge is 2.35. The number of nitrogens with one attached hydrogen (secondary N) is 1. The van der Waals surface area contributed by atoms with Gasteiger partial charge in [0.1, 0.15) is 5.60 Å². The lowest BCUT2D eigenvalue weighted by Crippen LogP contribution is -2.46. The number of amides is 2. The molecule has 2 fully saturated rings. The van der Waals surface area contributed by atoms with E-state index >= 15 is 0 Å². The van der Waals surface area contributed by atoms with E-state index in [9.17, 15) is 9.59 Å². The first-order valence-electron chi connectivity index (χ1n) is 7.88. The Hall–Kier alpha value is -1.30. The predicted octanol–water partition coefficient (Wildman–Crippen LogP) is 1.76. The van der Waals surface area contributed by atoms with Gasteiger partial charge in [-0.25, -0.2) is 14.8 Å². The number of piperidine rings is 1. The van der Waals surface area contributed by atoms with E-state index in [0.29, 0.717) is 25.4 Å². The summed E-state index contributed by atoms with van der Waals surface area (Å²) in [6.45, 7) is 8.63. The van der Waals surface area contributed by atoms with Gasteiger partial charge in [0.15, 0.2) is 0 Å². The molecule has 1 atom stereocenters. The summed E-state index contributed by atoms with van der Waals surface area (Å²) in [5.74, 6) is 0.609. The maximum Gasteiger partial charge on any atom is 0.429 e. The van der Waals surface area contributed by atoms with Crippen LogP contribution in [0.3, 0.4) is 0 Å². The predicted molar refractivity (Wildman–Crippen MR) is 79.5 cm³/mol. The van der Waals surface area contributed by atoms with Crippen molar-refractivity contribution in [3.05, 3.63) is 0 Å². The summed E-state index contributed by atoms with van der Waals surface area (Å²) >= 11 is 0. The number of hydrazine groups is 1. The maximum absolute atomic E-state index is 12.2. The van der Waals surface area contributed by atoms with Gasteiger partial charge in [-0.3, -0.25) is 4.79 Å². The molecule has 1 N–H and O–H groups in total. The molecular weight excluding hydrogens is 270 g/mol. The molecule has 0 saturated carbocycles. The van der Waals surface area contributed by atoms with Crippen LogP contribution in [-0.2, 0) is 9.53 Å². The van der Waals surface area contributed by atoms with Crippen LogP contribution in [0.1, 0.15) is 46.5 Å². The van der Waals surface area contributed by atoms with Gasteiger partial charge in [0, 0.05) is 13.0 Å². The third kappa shape index (κ3) is 4.59. The van der Waals surface area contributed by atoms with Crippen molar-refractivity contribution in [2.75, 3.05) is 26.2 Å². The van der Waals surface area contributed by atoms with Gasteiger partial charge < -0.3 is 10.1 Å². The fourth-order valence-corrected chi connectivity index (χ4v) is 2.81. The molecule has 2 amide bonds. The Labute approximate surface area is 126 Å². The van der Waals surface area contributed by atoms with Gasteiger partial charge in [-0.1, -0.05) is 0 Å². The minimum Gasteiger partial charge on any atom is -0.442 e. The van der Waals surface area contributed by atoms with Crippen LogP contribution < -0.4 is 5.32 Å². The molecule has 1 unspecified atom stereocenters. The van der Waals surface area contributed by atoms with Crippen LogP contribution in [0.15, 0.2) is 0 Å². The minimum atomic E-state index is -0.540. The van der Waals surface area contributed by atoms with E-state index in [1.54, 1.807) is 5.01 Å². The quantitative estimate of drug-likeness (QED) is 0.862. The molecule has 2 heterocycles. The zero-order chi connectivity index (χ0) is 15.5. The summed E-state index contributed by atoms with van der Waals surface area (Å²) in [5.41, 5.74) is -0.540. The highest BCUT2D eigenvalue weighted by atomic mass is 16.6. The maximum atomic E-state index is 12.2. The van der Waals surface area contributed by atoms with Gasteiger partial charge in [-0.05, 0) is 59.0 Å². The van der Waals surface area contributed by atoms with Gasteiger partial charge in [0.2, 0.25) is 5.91 Å². The van der Waals surface area contributed by atoms with E-state index in [0.717, 1.165) is 19.5 Å². The lowest BCUT2D eigenvalue weighted by atomic mass is 9.96. The first-order valence-corrected chi connectivity index (χ1v) is 7.88. The first kappa shape index (κ1) is 16.1. The number of ether oxygens (including phenoxy) is 1. The lowest BCUT2D eigenvalue weighted by Gasteiger charge is -2.32. The Morgan fingerprint density at radius 3 is 2.81 bits per heavy atom. The number of carbonyl (C=O) groups is 2. The Morgan fingerprint density at radius 1 is 1.43 bits per heavy atom. The Kier molecular flexibility index (Phi) is 5.08. The second-order valence-electron chi connectivity index (χ2n) is 6.87. The van der Waals surface area contributed by atoms with Crippen molar-refractivity contribution in [1.29, 1.82) is 0 Å². The van der Waals surface area contributed by atoms with E-state index in [1.165, 1.54) is 17.9 Å². The number of nitrogens with zero attached hydrogens (tertiary/aromatic N) is 2. The largest absolute Gasteiger partial charge is 0.442 e. The van der Waals surface area contributed by atoms with Crippen molar-refractivity contribution in [2.24, 2.45) is 5.92 Å². The minimum absolute atomic E-state index is 0.0182. The summed E-state index contributed by atoms with van der Waals surface area (Å²) in [6, 6.07) is 0. The fourth-order valence-electron chi connectivity index (χ4n) is 2.81. The van der Waals surface area contributed by atoms with Crippen LogP contribution in [0.4, 0.5) is 4.79 Å². The van der Waals surface area contributed by atoms with Crippen LogP contribution in [0, 0.1) is 5.92 Å². The van der Waals surface area contributed by atoms with Crippen molar-refractivity contribution in [3.63, 3.8) is 0 Å².